The van der Waals surface area contributed by atoms with Crippen molar-refractivity contribution in [2.24, 2.45) is 0 Å². The number of fused-ring (bicyclic) bond motifs is 3. The number of hydrogen-bond acceptors (Lipinski definition) is 5. The molecule has 0 aliphatic carbocycles. The highest BCUT2D eigenvalue weighted by Gasteiger charge is 2.34. The van der Waals surface area contributed by atoms with E-state index in [-0.39, 0.29) is 18.7 Å². The molecule has 33 heavy (non-hydrogen) atoms. The van der Waals surface area contributed by atoms with Gasteiger partial charge in [-0.2, -0.15) is 0 Å². The number of aliphatic hydroxyl groups is 2. The summed E-state index contributed by atoms with van der Waals surface area (Å²) in [7, 11) is 0. The minimum absolute atomic E-state index is 0.162. The van der Waals surface area contributed by atoms with E-state index in [0.717, 1.165) is 27.7 Å². The third kappa shape index (κ3) is 5.34. The fraction of sp³-hybridized carbons (Fsp3) is 0.400. The molecule has 7 nitrogen and oxygen atoms in total. The zero-order valence-electron chi connectivity index (χ0n) is 18.6. The van der Waals surface area contributed by atoms with Crippen LogP contribution in [0.15, 0.2) is 46.9 Å². The van der Waals surface area contributed by atoms with Crippen LogP contribution in [0.3, 0.4) is 0 Å². The summed E-state index contributed by atoms with van der Waals surface area (Å²) in [5, 5.41) is 19.5. The molecular weight excluding hydrogens is 488 g/mol. The van der Waals surface area contributed by atoms with Crippen molar-refractivity contribution in [1.82, 2.24) is 9.88 Å². The highest BCUT2D eigenvalue weighted by Crippen LogP contribution is 2.37. The highest BCUT2D eigenvalue weighted by molar-refractivity contribution is 9.10. The Kier molecular flexibility index (Phi) is 7.57. The van der Waals surface area contributed by atoms with Crippen molar-refractivity contribution in [3.8, 4) is 5.75 Å². The van der Waals surface area contributed by atoms with E-state index in [0.29, 0.717) is 38.3 Å². The Labute approximate surface area is 201 Å². The van der Waals surface area contributed by atoms with Crippen LogP contribution in [0.1, 0.15) is 36.2 Å². The minimum Gasteiger partial charge on any atom is -0.493 e. The largest absolute Gasteiger partial charge is 0.493 e. The van der Waals surface area contributed by atoms with Crippen LogP contribution < -0.4 is 4.74 Å². The molecule has 0 spiro atoms. The lowest BCUT2D eigenvalue weighted by atomic mass is 9.93. The van der Waals surface area contributed by atoms with Gasteiger partial charge >= 0.3 is 6.09 Å². The van der Waals surface area contributed by atoms with Gasteiger partial charge < -0.3 is 24.7 Å². The number of H-pyrrole nitrogens is 1. The van der Waals surface area contributed by atoms with Gasteiger partial charge in [-0.1, -0.05) is 28.1 Å². The summed E-state index contributed by atoms with van der Waals surface area (Å²) in [4.78, 5) is 18.1. The summed E-state index contributed by atoms with van der Waals surface area (Å²) >= 11 is 3.57. The predicted molar refractivity (Wildman–Crippen MR) is 130 cm³/mol. The number of amides is 1. The van der Waals surface area contributed by atoms with Gasteiger partial charge in [-0.25, -0.2) is 4.79 Å². The summed E-state index contributed by atoms with van der Waals surface area (Å²) in [6, 6.07) is 13.8. The van der Waals surface area contributed by atoms with Crippen molar-refractivity contribution < 1.29 is 24.5 Å². The van der Waals surface area contributed by atoms with Crippen LogP contribution >= 0.6 is 15.9 Å². The topological polar surface area (TPSA) is 95.0 Å². The third-order valence-corrected chi connectivity index (χ3v) is 6.49. The molecule has 3 aromatic rings. The Morgan fingerprint density at radius 1 is 1.27 bits per heavy atom. The number of halogens is 1. The average molecular weight is 517 g/mol. The van der Waals surface area contributed by atoms with Crippen molar-refractivity contribution in [3.05, 3.63) is 63.8 Å². The number of carbonyl (C=O) groups excluding carboxylic acids is 1. The highest BCUT2D eigenvalue weighted by atomic mass is 79.9. The number of ether oxygens (including phenoxy) is 2. The molecule has 176 valence electrons. The lowest BCUT2D eigenvalue weighted by molar-refractivity contribution is 0.0754. The smallest absolute Gasteiger partial charge is 0.410 e. The van der Waals surface area contributed by atoms with Crippen molar-refractivity contribution in [1.29, 1.82) is 0 Å². The van der Waals surface area contributed by atoms with Crippen molar-refractivity contribution in [3.63, 3.8) is 0 Å². The van der Waals surface area contributed by atoms with Crippen LogP contribution in [-0.2, 0) is 17.6 Å². The SMILES string of the molecule is CCOC(=O)N1CCc2c([nH]c3ccc(Br)cc23)C1Cc1ccc(OCC[C@H](O)CO)cc1. The van der Waals surface area contributed by atoms with Gasteiger partial charge in [0.15, 0.2) is 0 Å². The molecule has 0 fully saturated rings. The number of rotatable bonds is 8. The number of carbonyl (C=O) groups is 1. The zero-order chi connectivity index (χ0) is 23.4. The number of aromatic amines is 1. The van der Waals surface area contributed by atoms with E-state index >= 15 is 0 Å². The van der Waals surface area contributed by atoms with Gasteiger partial charge in [-0.15, -0.1) is 0 Å². The summed E-state index contributed by atoms with van der Waals surface area (Å²) in [5.41, 5.74) is 4.44. The molecule has 1 aliphatic rings. The minimum atomic E-state index is -0.768. The molecule has 3 N–H and O–H groups in total. The van der Waals surface area contributed by atoms with Gasteiger partial charge in [0.2, 0.25) is 0 Å². The van der Waals surface area contributed by atoms with Crippen molar-refractivity contribution in [2.45, 2.75) is 38.3 Å². The van der Waals surface area contributed by atoms with Gasteiger partial charge in [0.25, 0.3) is 0 Å². The second-order valence-corrected chi connectivity index (χ2v) is 9.10. The van der Waals surface area contributed by atoms with Gasteiger partial charge in [0.1, 0.15) is 5.75 Å². The Morgan fingerprint density at radius 3 is 2.79 bits per heavy atom. The fourth-order valence-corrected chi connectivity index (χ4v) is 4.69. The average Bonchev–Trinajstić information content (AvgIpc) is 3.18. The molecular formula is C25H29BrN2O5. The first-order valence-electron chi connectivity index (χ1n) is 11.2. The van der Waals surface area contributed by atoms with E-state index < -0.39 is 6.10 Å². The summed E-state index contributed by atoms with van der Waals surface area (Å²) in [6.45, 7) is 2.82. The molecule has 0 bridgehead atoms. The maximum absolute atomic E-state index is 12.8. The van der Waals surface area contributed by atoms with E-state index in [9.17, 15) is 9.90 Å². The Balaban J connectivity index is 1.57. The van der Waals surface area contributed by atoms with Crippen LogP contribution in [0, 0.1) is 0 Å². The normalized spacial score (nSPS) is 16.5. The molecule has 8 heteroatoms. The van der Waals surface area contributed by atoms with Gasteiger partial charge in [0, 0.05) is 34.0 Å². The number of hydrogen-bond donors (Lipinski definition) is 3. The summed E-state index contributed by atoms with van der Waals surface area (Å²) in [5.74, 6) is 0.700. The lowest BCUT2D eigenvalue weighted by Crippen LogP contribution is -2.41. The molecule has 1 aliphatic heterocycles. The zero-order valence-corrected chi connectivity index (χ0v) is 20.2. The van der Waals surface area contributed by atoms with E-state index in [2.05, 4.69) is 33.0 Å². The molecule has 1 amide bonds. The van der Waals surface area contributed by atoms with Gasteiger partial charge in [-0.05, 0) is 61.2 Å². The quantitative estimate of drug-likeness (QED) is 0.413. The first-order chi connectivity index (χ1) is 16.0. The molecule has 0 saturated heterocycles. The summed E-state index contributed by atoms with van der Waals surface area (Å²) < 4.78 is 12.0. The molecule has 4 rings (SSSR count). The monoisotopic (exact) mass is 516 g/mol. The summed E-state index contributed by atoms with van der Waals surface area (Å²) in [6.07, 6.45) is 0.719. The van der Waals surface area contributed by atoms with Gasteiger partial charge in [-0.3, -0.25) is 4.90 Å². The molecule has 1 aromatic heterocycles. The van der Waals surface area contributed by atoms with E-state index in [1.165, 1.54) is 10.9 Å². The van der Waals surface area contributed by atoms with Gasteiger partial charge in [0.05, 0.1) is 32.0 Å². The Bertz CT molecular complexity index is 1100. The van der Waals surface area contributed by atoms with E-state index in [4.69, 9.17) is 14.6 Å². The van der Waals surface area contributed by atoms with Crippen LogP contribution in [0.25, 0.3) is 10.9 Å². The van der Waals surface area contributed by atoms with E-state index in [1.807, 2.05) is 42.2 Å². The number of aromatic nitrogens is 1. The fourth-order valence-electron chi connectivity index (χ4n) is 4.32. The number of aliphatic hydroxyl groups excluding tert-OH is 2. The lowest BCUT2D eigenvalue weighted by Gasteiger charge is -2.35. The number of nitrogens with one attached hydrogen (secondary N) is 1. The molecule has 2 heterocycles. The first kappa shape index (κ1) is 23.6. The van der Waals surface area contributed by atoms with E-state index in [1.54, 1.807) is 0 Å². The molecule has 2 atom stereocenters. The second-order valence-electron chi connectivity index (χ2n) is 8.19. The Hall–Kier alpha value is -2.55. The Morgan fingerprint density at radius 2 is 2.06 bits per heavy atom. The molecule has 2 aromatic carbocycles. The predicted octanol–water partition coefficient (Wildman–Crippen LogP) is 4.35. The van der Waals surface area contributed by atoms with Crippen LogP contribution in [0.5, 0.6) is 5.75 Å². The second kappa shape index (κ2) is 10.6. The van der Waals surface area contributed by atoms with Crippen molar-refractivity contribution in [2.75, 3.05) is 26.4 Å². The maximum atomic E-state index is 12.8. The third-order valence-electron chi connectivity index (χ3n) is 6.00. The first-order valence-corrected chi connectivity index (χ1v) is 12.0. The van der Waals surface area contributed by atoms with Crippen LogP contribution in [-0.4, -0.2) is 58.7 Å². The van der Waals surface area contributed by atoms with Crippen molar-refractivity contribution >= 4 is 32.9 Å². The molecule has 0 radical (unpaired) electrons. The maximum Gasteiger partial charge on any atom is 0.410 e. The van der Waals surface area contributed by atoms with Crippen LogP contribution in [0.4, 0.5) is 4.79 Å². The number of benzene rings is 2. The molecule has 1 unspecified atom stereocenters. The van der Waals surface area contributed by atoms with Crippen LogP contribution in [0.2, 0.25) is 0 Å². The standard InChI is InChI=1S/C25H29BrN2O5/c1-2-32-25(31)28-11-9-20-21-14-17(26)5-8-22(21)27-24(20)23(28)13-16-3-6-19(7-4-16)33-12-10-18(30)15-29/h3-8,14,18,23,27,29-30H,2,9-13,15H2,1H3/t18-,23?/m0/s1. The number of nitrogens with zero attached hydrogens (tertiary/aromatic N) is 1. The molecule has 0 saturated carbocycles.